The van der Waals surface area contributed by atoms with Gasteiger partial charge in [-0.3, -0.25) is 0 Å². The normalized spacial score (nSPS) is 17.2. The predicted octanol–water partition coefficient (Wildman–Crippen LogP) is 5.18. The van der Waals surface area contributed by atoms with Gasteiger partial charge in [-0.05, 0) is 38.0 Å². The molecule has 2 aromatic rings. The van der Waals surface area contributed by atoms with Gasteiger partial charge in [-0.1, -0.05) is 24.8 Å². The summed E-state index contributed by atoms with van der Waals surface area (Å²) in [6.45, 7) is 9.11. The molecule has 0 spiro atoms. The van der Waals surface area contributed by atoms with Crippen LogP contribution in [0.2, 0.25) is 0 Å². The van der Waals surface area contributed by atoms with Crippen molar-refractivity contribution in [1.82, 2.24) is 4.98 Å². The molecule has 0 aliphatic carbocycles. The molecule has 5 rings (SSSR count). The SMILES string of the molecule is C=C(C)N1c2nc(-c3cccc(C(C)(F)F)c3)ccc2N2CCC1CC2. The van der Waals surface area contributed by atoms with E-state index in [1.54, 1.807) is 6.07 Å². The number of allylic oxidation sites excluding steroid dienone is 1. The first-order valence-corrected chi connectivity index (χ1v) is 9.04. The third kappa shape index (κ3) is 2.85. The number of alkyl halides is 2. The van der Waals surface area contributed by atoms with Gasteiger partial charge in [-0.15, -0.1) is 0 Å². The van der Waals surface area contributed by atoms with Gasteiger partial charge in [0.15, 0.2) is 5.82 Å². The van der Waals surface area contributed by atoms with Crippen LogP contribution in [0.3, 0.4) is 0 Å². The lowest BCUT2D eigenvalue weighted by Crippen LogP contribution is -2.40. The zero-order valence-electron chi connectivity index (χ0n) is 15.2. The lowest BCUT2D eigenvalue weighted by Gasteiger charge is -2.33. The minimum atomic E-state index is -2.86. The number of aromatic nitrogens is 1. The van der Waals surface area contributed by atoms with Gasteiger partial charge in [0.25, 0.3) is 5.92 Å². The van der Waals surface area contributed by atoms with E-state index in [4.69, 9.17) is 4.98 Å². The van der Waals surface area contributed by atoms with E-state index >= 15 is 0 Å². The molecule has 1 fully saturated rings. The summed E-state index contributed by atoms with van der Waals surface area (Å²) in [6, 6.07) is 10.9. The second-order valence-electron chi connectivity index (χ2n) is 7.33. The van der Waals surface area contributed by atoms with Crippen LogP contribution in [0.5, 0.6) is 0 Å². The average molecular weight is 355 g/mol. The molecule has 1 saturated heterocycles. The van der Waals surface area contributed by atoms with Gasteiger partial charge in [0.1, 0.15) is 0 Å². The first kappa shape index (κ1) is 17.0. The van der Waals surface area contributed by atoms with Crippen molar-refractivity contribution in [3.63, 3.8) is 0 Å². The van der Waals surface area contributed by atoms with Crippen molar-refractivity contribution in [2.24, 2.45) is 0 Å². The summed E-state index contributed by atoms with van der Waals surface area (Å²) in [4.78, 5) is 9.48. The van der Waals surface area contributed by atoms with E-state index in [-0.39, 0.29) is 5.56 Å². The van der Waals surface area contributed by atoms with E-state index in [1.807, 2.05) is 19.1 Å². The summed E-state index contributed by atoms with van der Waals surface area (Å²) < 4.78 is 27.4. The molecule has 3 aliphatic rings. The standard InChI is InChI=1S/C21H23F2N3/c1-14(2)26-17-9-11-25(12-10-17)19-8-7-18(24-20(19)26)15-5-4-6-16(13-15)21(3,22)23/h4-8,13,17H,1,9-12H2,2-3H3. The summed E-state index contributed by atoms with van der Waals surface area (Å²) in [7, 11) is 0. The highest BCUT2D eigenvalue weighted by Crippen LogP contribution is 2.41. The van der Waals surface area contributed by atoms with Crippen LogP contribution in [-0.4, -0.2) is 24.1 Å². The molecule has 1 aromatic carbocycles. The number of pyridine rings is 1. The van der Waals surface area contributed by atoms with Crippen LogP contribution < -0.4 is 9.80 Å². The number of fused-ring (bicyclic) bond motifs is 2. The van der Waals surface area contributed by atoms with E-state index in [2.05, 4.69) is 22.4 Å². The fraction of sp³-hybridized carbons (Fsp3) is 0.381. The molecule has 0 saturated carbocycles. The van der Waals surface area contributed by atoms with Crippen LogP contribution in [0, 0.1) is 0 Å². The Morgan fingerprint density at radius 3 is 2.58 bits per heavy atom. The first-order chi connectivity index (χ1) is 12.3. The van der Waals surface area contributed by atoms with E-state index in [0.717, 1.165) is 50.1 Å². The van der Waals surface area contributed by atoms with Gasteiger partial charge in [-0.25, -0.2) is 13.8 Å². The summed E-state index contributed by atoms with van der Waals surface area (Å²) in [5.41, 5.74) is 3.50. The number of anilines is 2. The number of rotatable bonds is 3. The maximum absolute atomic E-state index is 13.7. The Hall–Kier alpha value is -2.43. The van der Waals surface area contributed by atoms with E-state index in [1.165, 1.54) is 12.1 Å². The fourth-order valence-electron chi connectivity index (χ4n) is 4.01. The predicted molar refractivity (Wildman–Crippen MR) is 102 cm³/mol. The van der Waals surface area contributed by atoms with E-state index < -0.39 is 5.92 Å². The monoisotopic (exact) mass is 355 g/mol. The lowest BCUT2D eigenvalue weighted by atomic mass is 10.0. The van der Waals surface area contributed by atoms with Gasteiger partial charge < -0.3 is 9.80 Å². The molecule has 136 valence electrons. The molecule has 5 heteroatoms. The maximum atomic E-state index is 13.7. The number of benzene rings is 1. The van der Waals surface area contributed by atoms with Gasteiger partial charge in [0.05, 0.1) is 11.4 Å². The molecule has 26 heavy (non-hydrogen) atoms. The molecule has 3 nitrogen and oxygen atoms in total. The number of piperidine rings is 1. The Morgan fingerprint density at radius 1 is 1.19 bits per heavy atom. The van der Waals surface area contributed by atoms with E-state index in [0.29, 0.717) is 17.3 Å². The first-order valence-electron chi connectivity index (χ1n) is 9.04. The topological polar surface area (TPSA) is 19.4 Å². The van der Waals surface area contributed by atoms with Gasteiger partial charge >= 0.3 is 0 Å². The zero-order chi connectivity index (χ0) is 18.5. The van der Waals surface area contributed by atoms with Crippen molar-refractivity contribution in [1.29, 1.82) is 0 Å². The molecular formula is C21H23F2N3. The second kappa shape index (κ2) is 6.08. The molecule has 0 atom stereocenters. The Labute approximate surface area is 153 Å². The van der Waals surface area contributed by atoms with Crippen molar-refractivity contribution in [3.8, 4) is 11.3 Å². The van der Waals surface area contributed by atoms with Crippen molar-refractivity contribution in [3.05, 3.63) is 54.2 Å². The Bertz CT molecular complexity index is 849. The van der Waals surface area contributed by atoms with Gasteiger partial charge in [-0.2, -0.15) is 0 Å². The molecule has 2 bridgehead atoms. The quantitative estimate of drug-likeness (QED) is 0.756. The molecule has 0 radical (unpaired) electrons. The van der Waals surface area contributed by atoms with Gasteiger partial charge in [0, 0.05) is 42.9 Å². The van der Waals surface area contributed by atoms with Crippen molar-refractivity contribution in [2.75, 3.05) is 22.9 Å². The summed E-state index contributed by atoms with van der Waals surface area (Å²) in [5.74, 6) is -1.97. The Balaban J connectivity index is 1.83. The van der Waals surface area contributed by atoms with Crippen LogP contribution in [0.4, 0.5) is 20.3 Å². The zero-order valence-corrected chi connectivity index (χ0v) is 15.2. The van der Waals surface area contributed by atoms with Crippen LogP contribution >= 0.6 is 0 Å². The number of hydrogen-bond acceptors (Lipinski definition) is 3. The van der Waals surface area contributed by atoms with Gasteiger partial charge in [0.2, 0.25) is 0 Å². The molecule has 3 aliphatic heterocycles. The van der Waals surface area contributed by atoms with E-state index in [9.17, 15) is 8.78 Å². The van der Waals surface area contributed by atoms with Crippen molar-refractivity contribution in [2.45, 2.75) is 38.7 Å². The Kier molecular flexibility index (Phi) is 3.98. The maximum Gasteiger partial charge on any atom is 0.270 e. The van der Waals surface area contributed by atoms with Crippen molar-refractivity contribution >= 4 is 11.5 Å². The van der Waals surface area contributed by atoms with Crippen LogP contribution in [0.15, 0.2) is 48.7 Å². The van der Waals surface area contributed by atoms with Crippen LogP contribution in [0.1, 0.15) is 32.3 Å². The molecule has 1 aromatic heterocycles. The number of nitrogens with zero attached hydrogens (tertiary/aromatic N) is 3. The molecule has 0 unspecified atom stereocenters. The summed E-state index contributed by atoms with van der Waals surface area (Å²) in [5, 5.41) is 0. The highest BCUT2D eigenvalue weighted by atomic mass is 19.3. The second-order valence-corrected chi connectivity index (χ2v) is 7.33. The highest BCUT2D eigenvalue weighted by Gasteiger charge is 2.34. The van der Waals surface area contributed by atoms with Crippen LogP contribution in [-0.2, 0) is 5.92 Å². The number of hydrogen-bond donors (Lipinski definition) is 0. The highest BCUT2D eigenvalue weighted by molar-refractivity contribution is 5.76. The lowest BCUT2D eigenvalue weighted by molar-refractivity contribution is 0.0175. The molecular weight excluding hydrogens is 332 g/mol. The fourth-order valence-corrected chi connectivity index (χ4v) is 4.01. The molecule has 0 N–H and O–H groups in total. The summed E-state index contributed by atoms with van der Waals surface area (Å²) in [6.07, 6.45) is 2.16. The van der Waals surface area contributed by atoms with Crippen LogP contribution in [0.25, 0.3) is 11.3 Å². The average Bonchev–Trinajstić information content (AvgIpc) is 2.86. The van der Waals surface area contributed by atoms with Crippen molar-refractivity contribution < 1.29 is 8.78 Å². The third-order valence-corrected chi connectivity index (χ3v) is 5.33. The minimum Gasteiger partial charge on any atom is -0.368 e. The molecule has 0 amide bonds. The molecule has 4 heterocycles. The number of halogens is 2. The third-order valence-electron chi connectivity index (χ3n) is 5.33. The largest absolute Gasteiger partial charge is 0.368 e. The summed E-state index contributed by atoms with van der Waals surface area (Å²) >= 11 is 0. The minimum absolute atomic E-state index is 0.00678. The smallest absolute Gasteiger partial charge is 0.270 e. The Morgan fingerprint density at radius 2 is 1.92 bits per heavy atom.